The number of hydrogen-bond donors (Lipinski definition) is 2. The van der Waals surface area contributed by atoms with Crippen LogP contribution in [0.25, 0.3) is 0 Å². The van der Waals surface area contributed by atoms with Gasteiger partial charge in [-0.3, -0.25) is 4.79 Å². The van der Waals surface area contributed by atoms with E-state index in [2.05, 4.69) is 10.6 Å². The van der Waals surface area contributed by atoms with E-state index in [9.17, 15) is 9.59 Å². The molecule has 0 spiro atoms. The number of esters is 1. The normalized spacial score (nSPS) is 10.2. The third-order valence-electron chi connectivity index (χ3n) is 3.75. The van der Waals surface area contributed by atoms with Crippen LogP contribution in [0.4, 0.5) is 11.4 Å². The van der Waals surface area contributed by atoms with Gasteiger partial charge in [-0.05, 0) is 50.1 Å². The molecule has 0 bridgehead atoms. The Kier molecular flexibility index (Phi) is 5.58. The van der Waals surface area contributed by atoms with E-state index < -0.39 is 5.97 Å². The molecule has 5 nitrogen and oxygen atoms in total. The molecular formula is C19H22N2O3. The van der Waals surface area contributed by atoms with Crippen LogP contribution in [-0.2, 0) is 9.53 Å². The molecule has 0 atom stereocenters. The first-order valence-corrected chi connectivity index (χ1v) is 7.70. The van der Waals surface area contributed by atoms with Gasteiger partial charge in [0.25, 0.3) is 0 Å². The molecule has 0 saturated heterocycles. The Labute approximate surface area is 142 Å². The average Bonchev–Trinajstić information content (AvgIpc) is 2.56. The molecule has 0 aliphatic rings. The van der Waals surface area contributed by atoms with E-state index in [1.54, 1.807) is 12.1 Å². The van der Waals surface area contributed by atoms with Crippen molar-refractivity contribution in [1.29, 1.82) is 0 Å². The van der Waals surface area contributed by atoms with E-state index in [-0.39, 0.29) is 12.5 Å². The average molecular weight is 326 g/mol. The molecule has 0 unspecified atom stereocenters. The Morgan fingerprint density at radius 2 is 1.71 bits per heavy atom. The molecule has 0 aliphatic carbocycles. The second-order valence-corrected chi connectivity index (χ2v) is 5.74. The molecule has 2 aromatic carbocycles. The quantitative estimate of drug-likeness (QED) is 0.826. The minimum atomic E-state index is -0.405. The summed E-state index contributed by atoms with van der Waals surface area (Å²) in [5.41, 5.74) is 5.09. The topological polar surface area (TPSA) is 67.4 Å². The molecule has 0 saturated carbocycles. The van der Waals surface area contributed by atoms with Crippen molar-refractivity contribution in [3.63, 3.8) is 0 Å². The van der Waals surface area contributed by atoms with Gasteiger partial charge in [-0.15, -0.1) is 0 Å². The Morgan fingerprint density at radius 3 is 2.38 bits per heavy atom. The zero-order valence-corrected chi connectivity index (χ0v) is 14.4. The molecule has 126 valence electrons. The molecular weight excluding hydrogens is 304 g/mol. The number of ether oxygens (including phenoxy) is 1. The van der Waals surface area contributed by atoms with Gasteiger partial charge in [0.1, 0.15) is 0 Å². The summed E-state index contributed by atoms with van der Waals surface area (Å²) < 4.78 is 4.71. The summed E-state index contributed by atoms with van der Waals surface area (Å²) >= 11 is 0. The van der Waals surface area contributed by atoms with E-state index in [0.29, 0.717) is 5.56 Å². The van der Waals surface area contributed by atoms with Crippen molar-refractivity contribution in [2.75, 3.05) is 24.3 Å². The SMILES string of the molecule is COC(=O)c1ccc(C)c(NCC(=O)Nc2ccc(C)cc2C)c1. The lowest BCUT2D eigenvalue weighted by Gasteiger charge is -2.12. The number of nitrogens with one attached hydrogen (secondary N) is 2. The number of aryl methyl sites for hydroxylation is 3. The first kappa shape index (κ1) is 17.5. The van der Waals surface area contributed by atoms with Gasteiger partial charge in [0.2, 0.25) is 5.91 Å². The monoisotopic (exact) mass is 326 g/mol. The maximum absolute atomic E-state index is 12.1. The second-order valence-electron chi connectivity index (χ2n) is 5.74. The van der Waals surface area contributed by atoms with E-state index in [4.69, 9.17) is 4.74 Å². The third-order valence-corrected chi connectivity index (χ3v) is 3.75. The molecule has 0 heterocycles. The Hall–Kier alpha value is -2.82. The minimum absolute atomic E-state index is 0.110. The van der Waals surface area contributed by atoms with Gasteiger partial charge in [0, 0.05) is 11.4 Å². The zero-order chi connectivity index (χ0) is 17.7. The van der Waals surface area contributed by atoms with E-state index in [1.807, 2.05) is 45.0 Å². The number of hydrogen-bond acceptors (Lipinski definition) is 4. The van der Waals surface area contributed by atoms with Gasteiger partial charge in [-0.1, -0.05) is 23.8 Å². The predicted molar refractivity (Wildman–Crippen MR) is 95.6 cm³/mol. The van der Waals surface area contributed by atoms with E-state index >= 15 is 0 Å². The molecule has 0 radical (unpaired) electrons. The Bertz CT molecular complexity index is 769. The van der Waals surface area contributed by atoms with Crippen molar-refractivity contribution in [2.24, 2.45) is 0 Å². The lowest BCUT2D eigenvalue weighted by Crippen LogP contribution is -2.22. The summed E-state index contributed by atoms with van der Waals surface area (Å²) in [6.07, 6.45) is 0. The summed E-state index contributed by atoms with van der Waals surface area (Å²) in [7, 11) is 1.34. The zero-order valence-electron chi connectivity index (χ0n) is 14.4. The predicted octanol–water partition coefficient (Wildman–Crippen LogP) is 3.45. The largest absolute Gasteiger partial charge is 0.465 e. The van der Waals surface area contributed by atoms with Crippen molar-refractivity contribution in [2.45, 2.75) is 20.8 Å². The molecule has 2 N–H and O–H groups in total. The second kappa shape index (κ2) is 7.64. The van der Waals surface area contributed by atoms with Gasteiger partial charge in [0.05, 0.1) is 19.2 Å². The molecule has 0 fully saturated rings. The standard InChI is InChI=1S/C19H22N2O3/c1-12-5-8-16(14(3)9-12)21-18(22)11-20-17-10-15(19(23)24-4)7-6-13(17)2/h5-10,20H,11H2,1-4H3,(H,21,22). The van der Waals surface area contributed by atoms with Gasteiger partial charge >= 0.3 is 5.97 Å². The number of carbonyl (C=O) groups excluding carboxylic acids is 2. The Morgan fingerprint density at radius 1 is 0.958 bits per heavy atom. The molecule has 2 aromatic rings. The number of carbonyl (C=O) groups is 2. The molecule has 5 heteroatoms. The summed E-state index contributed by atoms with van der Waals surface area (Å²) in [5, 5.41) is 5.95. The number of anilines is 2. The van der Waals surface area contributed by atoms with Crippen LogP contribution in [0.2, 0.25) is 0 Å². The van der Waals surface area contributed by atoms with Gasteiger partial charge in [-0.2, -0.15) is 0 Å². The number of benzene rings is 2. The lowest BCUT2D eigenvalue weighted by atomic mass is 10.1. The fourth-order valence-corrected chi connectivity index (χ4v) is 2.38. The first-order valence-electron chi connectivity index (χ1n) is 7.70. The molecule has 0 aromatic heterocycles. The minimum Gasteiger partial charge on any atom is -0.465 e. The molecule has 0 aliphatic heterocycles. The van der Waals surface area contributed by atoms with Gasteiger partial charge < -0.3 is 15.4 Å². The van der Waals surface area contributed by atoms with Crippen LogP contribution in [0.1, 0.15) is 27.0 Å². The van der Waals surface area contributed by atoms with Crippen LogP contribution >= 0.6 is 0 Å². The highest BCUT2D eigenvalue weighted by molar-refractivity contribution is 5.95. The number of rotatable bonds is 5. The smallest absolute Gasteiger partial charge is 0.337 e. The van der Waals surface area contributed by atoms with E-state index in [0.717, 1.165) is 28.1 Å². The van der Waals surface area contributed by atoms with Crippen LogP contribution < -0.4 is 10.6 Å². The highest BCUT2D eigenvalue weighted by atomic mass is 16.5. The summed E-state index contributed by atoms with van der Waals surface area (Å²) in [5.74, 6) is -0.553. The van der Waals surface area contributed by atoms with Crippen molar-refractivity contribution in [3.8, 4) is 0 Å². The fraction of sp³-hybridized carbons (Fsp3) is 0.263. The van der Waals surface area contributed by atoms with Crippen molar-refractivity contribution >= 4 is 23.3 Å². The van der Waals surface area contributed by atoms with Crippen LogP contribution in [0.3, 0.4) is 0 Å². The highest BCUT2D eigenvalue weighted by Crippen LogP contribution is 2.18. The maximum Gasteiger partial charge on any atom is 0.337 e. The summed E-state index contributed by atoms with van der Waals surface area (Å²) in [6.45, 7) is 5.99. The van der Waals surface area contributed by atoms with Crippen LogP contribution in [0.5, 0.6) is 0 Å². The highest BCUT2D eigenvalue weighted by Gasteiger charge is 2.10. The van der Waals surface area contributed by atoms with Crippen LogP contribution in [0.15, 0.2) is 36.4 Å². The van der Waals surface area contributed by atoms with Crippen LogP contribution in [-0.4, -0.2) is 25.5 Å². The fourth-order valence-electron chi connectivity index (χ4n) is 2.38. The maximum atomic E-state index is 12.1. The van der Waals surface area contributed by atoms with Gasteiger partial charge in [0.15, 0.2) is 0 Å². The number of amides is 1. The van der Waals surface area contributed by atoms with Gasteiger partial charge in [-0.25, -0.2) is 4.79 Å². The van der Waals surface area contributed by atoms with E-state index in [1.165, 1.54) is 7.11 Å². The lowest BCUT2D eigenvalue weighted by molar-refractivity contribution is -0.114. The van der Waals surface area contributed by atoms with Crippen LogP contribution in [0, 0.1) is 20.8 Å². The third kappa shape index (κ3) is 4.35. The summed E-state index contributed by atoms with van der Waals surface area (Å²) in [6, 6.07) is 11.1. The van der Waals surface area contributed by atoms with Crippen molar-refractivity contribution in [1.82, 2.24) is 0 Å². The molecule has 24 heavy (non-hydrogen) atoms. The number of methoxy groups -OCH3 is 1. The summed E-state index contributed by atoms with van der Waals surface area (Å²) in [4.78, 5) is 23.7. The Balaban J connectivity index is 2.02. The van der Waals surface area contributed by atoms with Crippen molar-refractivity contribution < 1.29 is 14.3 Å². The van der Waals surface area contributed by atoms with Crippen molar-refractivity contribution in [3.05, 3.63) is 58.7 Å². The first-order chi connectivity index (χ1) is 11.4. The molecule has 1 amide bonds. The molecule has 2 rings (SSSR count).